The van der Waals surface area contributed by atoms with Gasteiger partial charge in [0.2, 0.25) is 0 Å². The number of hydrogen-bond donors (Lipinski definition) is 1. The van der Waals surface area contributed by atoms with Crippen LogP contribution in [-0.2, 0) is 5.41 Å². The molecule has 2 heteroatoms. The highest BCUT2D eigenvalue weighted by molar-refractivity contribution is 7.10. The van der Waals surface area contributed by atoms with E-state index in [1.807, 2.05) is 0 Å². The summed E-state index contributed by atoms with van der Waals surface area (Å²) in [5.74, 6) is 0. The molecule has 0 aliphatic heterocycles. The van der Waals surface area contributed by atoms with Crippen molar-refractivity contribution in [2.45, 2.75) is 31.1 Å². The van der Waals surface area contributed by atoms with Gasteiger partial charge in [-0.05, 0) is 24.3 Å². The summed E-state index contributed by atoms with van der Waals surface area (Å²) in [6, 6.07) is 4.24. The van der Waals surface area contributed by atoms with Crippen LogP contribution in [-0.4, -0.2) is 11.7 Å². The van der Waals surface area contributed by atoms with Gasteiger partial charge in [0, 0.05) is 10.3 Å². The van der Waals surface area contributed by atoms with Gasteiger partial charge in [0.15, 0.2) is 0 Å². The molecule has 1 fully saturated rings. The number of aliphatic hydroxyl groups is 1. The van der Waals surface area contributed by atoms with E-state index in [2.05, 4.69) is 17.5 Å². The standard InChI is InChI=1S/C10H14OS/c11-8-10(5-1-2-6-10)9-4-3-7-12-9/h3-4,7,11H,1-2,5-6,8H2. The molecule has 1 nitrogen and oxygen atoms in total. The minimum Gasteiger partial charge on any atom is -0.395 e. The Kier molecular flexibility index (Phi) is 2.20. The number of thiophene rings is 1. The van der Waals surface area contributed by atoms with E-state index in [1.165, 1.54) is 30.6 Å². The van der Waals surface area contributed by atoms with E-state index in [9.17, 15) is 5.11 Å². The lowest BCUT2D eigenvalue weighted by Crippen LogP contribution is -2.25. The van der Waals surface area contributed by atoms with Gasteiger partial charge in [0.25, 0.3) is 0 Å². The van der Waals surface area contributed by atoms with Crippen LogP contribution < -0.4 is 0 Å². The Labute approximate surface area is 77.0 Å². The lowest BCUT2D eigenvalue weighted by Gasteiger charge is -2.24. The molecule has 0 radical (unpaired) electrons. The second-order valence-electron chi connectivity index (χ2n) is 3.62. The molecule has 1 heterocycles. The van der Waals surface area contributed by atoms with Crippen LogP contribution in [0.2, 0.25) is 0 Å². The predicted molar refractivity (Wildman–Crippen MR) is 51.6 cm³/mol. The fourth-order valence-electron chi connectivity index (χ4n) is 2.11. The van der Waals surface area contributed by atoms with Gasteiger partial charge in [-0.2, -0.15) is 0 Å². The van der Waals surface area contributed by atoms with Gasteiger partial charge in [-0.25, -0.2) is 0 Å². The predicted octanol–water partition coefficient (Wildman–Crippen LogP) is 2.55. The molecule has 0 unspecified atom stereocenters. The third kappa shape index (κ3) is 1.19. The minimum absolute atomic E-state index is 0.133. The van der Waals surface area contributed by atoms with Crippen LogP contribution in [0.25, 0.3) is 0 Å². The van der Waals surface area contributed by atoms with Gasteiger partial charge in [-0.15, -0.1) is 11.3 Å². The molecule has 66 valence electrons. The van der Waals surface area contributed by atoms with Crippen LogP contribution in [0.15, 0.2) is 17.5 Å². The third-order valence-corrected chi connectivity index (χ3v) is 4.02. The second-order valence-corrected chi connectivity index (χ2v) is 4.57. The zero-order chi connectivity index (χ0) is 8.44. The average molecular weight is 182 g/mol. The molecule has 1 aliphatic rings. The number of hydrogen-bond acceptors (Lipinski definition) is 2. The van der Waals surface area contributed by atoms with Crippen LogP contribution in [0.1, 0.15) is 30.6 Å². The van der Waals surface area contributed by atoms with Gasteiger partial charge in [0.05, 0.1) is 6.61 Å². The molecule has 1 aliphatic carbocycles. The van der Waals surface area contributed by atoms with Crippen molar-refractivity contribution in [1.29, 1.82) is 0 Å². The molecule has 0 atom stereocenters. The number of rotatable bonds is 2. The monoisotopic (exact) mass is 182 g/mol. The average Bonchev–Trinajstić information content (AvgIpc) is 2.76. The third-order valence-electron chi connectivity index (χ3n) is 2.91. The molecule has 0 amide bonds. The zero-order valence-electron chi connectivity index (χ0n) is 7.12. The smallest absolute Gasteiger partial charge is 0.0535 e. The van der Waals surface area contributed by atoms with Crippen LogP contribution in [0.3, 0.4) is 0 Å². The molecule has 0 saturated heterocycles. The largest absolute Gasteiger partial charge is 0.395 e. The summed E-state index contributed by atoms with van der Waals surface area (Å²) in [4.78, 5) is 1.38. The molecule has 1 saturated carbocycles. The van der Waals surface area contributed by atoms with Crippen molar-refractivity contribution in [1.82, 2.24) is 0 Å². The highest BCUT2D eigenvalue weighted by Gasteiger charge is 2.35. The first-order valence-electron chi connectivity index (χ1n) is 4.52. The molecule has 0 aromatic carbocycles. The first-order valence-corrected chi connectivity index (χ1v) is 5.40. The van der Waals surface area contributed by atoms with Crippen LogP contribution in [0.4, 0.5) is 0 Å². The quantitative estimate of drug-likeness (QED) is 0.745. The summed E-state index contributed by atoms with van der Waals surface area (Å²) in [5.41, 5.74) is 0.133. The van der Waals surface area contributed by atoms with Gasteiger partial charge in [-0.1, -0.05) is 18.9 Å². The molecule has 1 aromatic rings. The normalized spacial score (nSPS) is 21.4. The van der Waals surface area contributed by atoms with Crippen molar-refractivity contribution in [3.63, 3.8) is 0 Å². The van der Waals surface area contributed by atoms with Crippen LogP contribution in [0, 0.1) is 0 Å². The first-order chi connectivity index (χ1) is 5.87. The Morgan fingerprint density at radius 1 is 1.42 bits per heavy atom. The maximum Gasteiger partial charge on any atom is 0.0535 e. The minimum atomic E-state index is 0.133. The van der Waals surface area contributed by atoms with Crippen molar-refractivity contribution in [3.8, 4) is 0 Å². The Morgan fingerprint density at radius 2 is 2.17 bits per heavy atom. The van der Waals surface area contributed by atoms with E-state index < -0.39 is 0 Å². The van der Waals surface area contributed by atoms with Gasteiger partial charge >= 0.3 is 0 Å². The van der Waals surface area contributed by atoms with Gasteiger partial charge in [-0.3, -0.25) is 0 Å². The second kappa shape index (κ2) is 3.19. The van der Waals surface area contributed by atoms with E-state index in [-0.39, 0.29) is 5.41 Å². The SMILES string of the molecule is OCC1(c2cccs2)CCCC1. The van der Waals surface area contributed by atoms with Crippen molar-refractivity contribution < 1.29 is 5.11 Å². The van der Waals surface area contributed by atoms with Gasteiger partial charge < -0.3 is 5.11 Å². The van der Waals surface area contributed by atoms with Gasteiger partial charge in [0.1, 0.15) is 0 Å². The molecular weight excluding hydrogens is 168 g/mol. The van der Waals surface area contributed by atoms with E-state index in [0.717, 1.165) is 0 Å². The Morgan fingerprint density at radius 3 is 2.67 bits per heavy atom. The topological polar surface area (TPSA) is 20.2 Å². The van der Waals surface area contributed by atoms with Crippen molar-refractivity contribution in [2.75, 3.05) is 6.61 Å². The summed E-state index contributed by atoms with van der Waals surface area (Å²) in [5, 5.41) is 11.5. The van der Waals surface area contributed by atoms with Crippen LogP contribution >= 0.6 is 11.3 Å². The summed E-state index contributed by atoms with van der Waals surface area (Å²) in [6.45, 7) is 0.327. The van der Waals surface area contributed by atoms with E-state index in [4.69, 9.17) is 0 Å². The lowest BCUT2D eigenvalue weighted by molar-refractivity contribution is 0.198. The molecule has 2 rings (SSSR count). The van der Waals surface area contributed by atoms with Crippen molar-refractivity contribution in [2.24, 2.45) is 0 Å². The Bertz CT molecular complexity index is 234. The Balaban J connectivity index is 2.28. The molecule has 12 heavy (non-hydrogen) atoms. The molecular formula is C10H14OS. The molecule has 0 bridgehead atoms. The Hall–Kier alpha value is -0.340. The van der Waals surface area contributed by atoms with E-state index >= 15 is 0 Å². The summed E-state index contributed by atoms with van der Waals surface area (Å²) in [7, 11) is 0. The van der Waals surface area contributed by atoms with Crippen LogP contribution in [0.5, 0.6) is 0 Å². The zero-order valence-corrected chi connectivity index (χ0v) is 7.94. The fourth-order valence-corrected chi connectivity index (χ4v) is 3.09. The highest BCUT2D eigenvalue weighted by Crippen LogP contribution is 2.42. The molecule has 1 aromatic heterocycles. The van der Waals surface area contributed by atoms with E-state index in [0.29, 0.717) is 6.61 Å². The summed E-state index contributed by atoms with van der Waals surface area (Å²) < 4.78 is 0. The van der Waals surface area contributed by atoms with E-state index in [1.54, 1.807) is 11.3 Å². The first kappa shape index (κ1) is 8.27. The summed E-state index contributed by atoms with van der Waals surface area (Å²) in [6.07, 6.45) is 4.89. The maximum absolute atomic E-state index is 9.40. The lowest BCUT2D eigenvalue weighted by atomic mass is 9.86. The molecule has 1 N–H and O–H groups in total. The molecule has 0 spiro atoms. The van der Waals surface area contributed by atoms with Crippen molar-refractivity contribution in [3.05, 3.63) is 22.4 Å². The number of aliphatic hydroxyl groups excluding tert-OH is 1. The highest BCUT2D eigenvalue weighted by atomic mass is 32.1. The summed E-state index contributed by atoms with van der Waals surface area (Å²) >= 11 is 1.78. The van der Waals surface area contributed by atoms with Crippen molar-refractivity contribution >= 4 is 11.3 Å². The maximum atomic E-state index is 9.40. The fraction of sp³-hybridized carbons (Fsp3) is 0.600.